The number of anilines is 1. The van der Waals surface area contributed by atoms with Crippen LogP contribution in [0.15, 0.2) is 30.3 Å². The molecule has 108 valence electrons. The molecule has 1 N–H and O–H groups in total. The molecule has 1 aliphatic rings. The van der Waals surface area contributed by atoms with Crippen LogP contribution in [-0.4, -0.2) is 30.6 Å². The zero-order chi connectivity index (χ0) is 14.6. The van der Waals surface area contributed by atoms with E-state index in [1.807, 2.05) is 43.3 Å². The molecule has 1 aromatic carbocycles. The third kappa shape index (κ3) is 3.48. The SMILES string of the molecule is CN(C)c1ccc(/C=C/C(=O)C2(O)CCCCC2)cc1. The Labute approximate surface area is 120 Å². The van der Waals surface area contributed by atoms with Gasteiger partial charge < -0.3 is 10.0 Å². The predicted octanol–water partition coefficient (Wildman–Crippen LogP) is 3.03. The van der Waals surface area contributed by atoms with E-state index in [1.54, 1.807) is 6.08 Å². The van der Waals surface area contributed by atoms with E-state index in [9.17, 15) is 9.90 Å². The molecule has 20 heavy (non-hydrogen) atoms. The lowest BCUT2D eigenvalue weighted by atomic mass is 9.81. The van der Waals surface area contributed by atoms with Crippen LogP contribution in [0, 0.1) is 0 Å². The highest BCUT2D eigenvalue weighted by atomic mass is 16.3. The quantitative estimate of drug-likeness (QED) is 0.857. The number of nitrogens with zero attached hydrogens (tertiary/aromatic N) is 1. The summed E-state index contributed by atoms with van der Waals surface area (Å²) in [4.78, 5) is 14.2. The maximum Gasteiger partial charge on any atom is 0.187 e. The monoisotopic (exact) mass is 273 g/mol. The van der Waals surface area contributed by atoms with Gasteiger partial charge in [-0.25, -0.2) is 0 Å². The minimum absolute atomic E-state index is 0.158. The first-order chi connectivity index (χ1) is 9.51. The van der Waals surface area contributed by atoms with E-state index in [0.717, 1.165) is 30.5 Å². The highest BCUT2D eigenvalue weighted by Gasteiger charge is 2.34. The van der Waals surface area contributed by atoms with E-state index >= 15 is 0 Å². The fourth-order valence-corrected chi connectivity index (χ4v) is 2.59. The summed E-state index contributed by atoms with van der Waals surface area (Å²) < 4.78 is 0. The van der Waals surface area contributed by atoms with Crippen molar-refractivity contribution in [3.8, 4) is 0 Å². The molecule has 3 nitrogen and oxygen atoms in total. The van der Waals surface area contributed by atoms with Crippen LogP contribution >= 0.6 is 0 Å². The number of aliphatic hydroxyl groups is 1. The molecule has 1 fully saturated rings. The highest BCUT2D eigenvalue weighted by molar-refractivity contribution is 5.99. The Morgan fingerprint density at radius 2 is 1.75 bits per heavy atom. The Hall–Kier alpha value is -1.61. The van der Waals surface area contributed by atoms with Crippen LogP contribution < -0.4 is 4.90 Å². The molecule has 0 aromatic heterocycles. The summed E-state index contributed by atoms with van der Waals surface area (Å²) in [6, 6.07) is 7.98. The topological polar surface area (TPSA) is 40.5 Å². The van der Waals surface area contributed by atoms with E-state index in [4.69, 9.17) is 0 Å². The zero-order valence-electron chi connectivity index (χ0n) is 12.3. The summed E-state index contributed by atoms with van der Waals surface area (Å²) >= 11 is 0. The van der Waals surface area contributed by atoms with Crippen LogP contribution in [0.25, 0.3) is 6.08 Å². The zero-order valence-corrected chi connectivity index (χ0v) is 12.3. The fraction of sp³-hybridized carbons (Fsp3) is 0.471. The Bertz CT molecular complexity index is 482. The molecule has 0 bridgehead atoms. The van der Waals surface area contributed by atoms with Gasteiger partial charge in [-0.1, -0.05) is 37.5 Å². The van der Waals surface area contributed by atoms with Crippen LogP contribution in [-0.2, 0) is 4.79 Å². The Morgan fingerprint density at radius 1 is 1.15 bits per heavy atom. The minimum Gasteiger partial charge on any atom is -0.382 e. The smallest absolute Gasteiger partial charge is 0.187 e. The normalized spacial score (nSPS) is 18.1. The van der Waals surface area contributed by atoms with Crippen molar-refractivity contribution in [1.29, 1.82) is 0 Å². The van der Waals surface area contributed by atoms with E-state index in [1.165, 1.54) is 6.08 Å². The Balaban J connectivity index is 2.03. The molecule has 0 amide bonds. The van der Waals surface area contributed by atoms with Crippen molar-refractivity contribution in [2.45, 2.75) is 37.7 Å². The number of hydrogen-bond acceptors (Lipinski definition) is 3. The van der Waals surface area contributed by atoms with Crippen molar-refractivity contribution in [1.82, 2.24) is 0 Å². The Morgan fingerprint density at radius 3 is 2.30 bits per heavy atom. The Kier molecular flexibility index (Phi) is 4.61. The summed E-state index contributed by atoms with van der Waals surface area (Å²) in [5.41, 5.74) is 0.973. The van der Waals surface area contributed by atoms with Crippen molar-refractivity contribution in [2.24, 2.45) is 0 Å². The second kappa shape index (κ2) is 6.23. The third-order valence-electron chi connectivity index (χ3n) is 3.98. The molecule has 0 atom stereocenters. The molecule has 3 heteroatoms. The molecule has 0 saturated heterocycles. The van der Waals surface area contributed by atoms with E-state index in [-0.39, 0.29) is 5.78 Å². The van der Waals surface area contributed by atoms with Crippen LogP contribution in [0.5, 0.6) is 0 Å². The van der Waals surface area contributed by atoms with Gasteiger partial charge in [-0.3, -0.25) is 4.79 Å². The van der Waals surface area contributed by atoms with Crippen molar-refractivity contribution in [3.63, 3.8) is 0 Å². The van der Waals surface area contributed by atoms with E-state index < -0.39 is 5.60 Å². The maximum absolute atomic E-state index is 12.1. The summed E-state index contributed by atoms with van der Waals surface area (Å²) in [5.74, 6) is -0.158. The summed E-state index contributed by atoms with van der Waals surface area (Å²) in [5, 5.41) is 10.3. The van der Waals surface area contributed by atoms with Gasteiger partial charge in [0.15, 0.2) is 5.78 Å². The lowest BCUT2D eigenvalue weighted by Crippen LogP contribution is -2.39. The second-order valence-corrected chi connectivity index (χ2v) is 5.78. The average molecular weight is 273 g/mol. The first kappa shape index (κ1) is 14.8. The minimum atomic E-state index is -1.13. The van der Waals surface area contributed by atoms with E-state index in [2.05, 4.69) is 0 Å². The largest absolute Gasteiger partial charge is 0.382 e. The highest BCUT2D eigenvalue weighted by Crippen LogP contribution is 2.29. The van der Waals surface area contributed by atoms with Gasteiger partial charge in [0.25, 0.3) is 0 Å². The molecule has 2 rings (SSSR count). The molecule has 0 aliphatic heterocycles. The van der Waals surface area contributed by atoms with Crippen LogP contribution in [0.1, 0.15) is 37.7 Å². The molecule has 1 saturated carbocycles. The van der Waals surface area contributed by atoms with Crippen LogP contribution in [0.2, 0.25) is 0 Å². The van der Waals surface area contributed by atoms with Gasteiger partial charge in [-0.2, -0.15) is 0 Å². The van der Waals surface area contributed by atoms with Gasteiger partial charge >= 0.3 is 0 Å². The van der Waals surface area contributed by atoms with Crippen molar-refractivity contribution in [2.75, 3.05) is 19.0 Å². The number of benzene rings is 1. The first-order valence-electron chi connectivity index (χ1n) is 7.23. The van der Waals surface area contributed by atoms with Crippen molar-refractivity contribution < 1.29 is 9.90 Å². The summed E-state index contributed by atoms with van der Waals surface area (Å²) in [7, 11) is 3.99. The number of carbonyl (C=O) groups excluding carboxylic acids is 1. The lowest BCUT2D eigenvalue weighted by molar-refractivity contribution is -0.135. The van der Waals surface area contributed by atoms with Crippen LogP contribution in [0.4, 0.5) is 5.69 Å². The summed E-state index contributed by atoms with van der Waals surface area (Å²) in [6.07, 6.45) is 7.49. The van der Waals surface area contributed by atoms with Gasteiger partial charge in [-0.05, 0) is 36.6 Å². The molecule has 1 aromatic rings. The third-order valence-corrected chi connectivity index (χ3v) is 3.98. The fourth-order valence-electron chi connectivity index (χ4n) is 2.59. The average Bonchev–Trinajstić information content (AvgIpc) is 2.46. The molecule has 0 heterocycles. The maximum atomic E-state index is 12.1. The number of rotatable bonds is 4. The molecule has 0 radical (unpaired) electrons. The van der Waals surface area contributed by atoms with Crippen LogP contribution in [0.3, 0.4) is 0 Å². The number of ketones is 1. The molecule has 1 aliphatic carbocycles. The first-order valence-corrected chi connectivity index (χ1v) is 7.23. The second-order valence-electron chi connectivity index (χ2n) is 5.78. The predicted molar refractivity (Wildman–Crippen MR) is 82.8 cm³/mol. The molecule has 0 spiro atoms. The van der Waals surface area contributed by atoms with Gasteiger partial charge in [0.1, 0.15) is 5.60 Å². The molecular formula is C17H23NO2. The van der Waals surface area contributed by atoms with Gasteiger partial charge in [0, 0.05) is 19.8 Å². The van der Waals surface area contributed by atoms with Gasteiger partial charge in [0.2, 0.25) is 0 Å². The van der Waals surface area contributed by atoms with Crippen molar-refractivity contribution in [3.05, 3.63) is 35.9 Å². The van der Waals surface area contributed by atoms with Crippen molar-refractivity contribution >= 4 is 17.5 Å². The van der Waals surface area contributed by atoms with Gasteiger partial charge in [-0.15, -0.1) is 0 Å². The van der Waals surface area contributed by atoms with E-state index in [0.29, 0.717) is 12.8 Å². The molecule has 0 unspecified atom stereocenters. The number of hydrogen-bond donors (Lipinski definition) is 1. The molecular weight excluding hydrogens is 250 g/mol. The lowest BCUT2D eigenvalue weighted by Gasteiger charge is -2.29. The van der Waals surface area contributed by atoms with Gasteiger partial charge in [0.05, 0.1) is 0 Å². The standard InChI is InChI=1S/C17H23NO2/c1-18(2)15-9-6-14(7-10-15)8-11-16(19)17(20)12-4-3-5-13-17/h6-11,20H,3-5,12-13H2,1-2H3/b11-8+. The number of carbonyl (C=O) groups is 1. The summed E-state index contributed by atoms with van der Waals surface area (Å²) in [6.45, 7) is 0.